The number of rotatable bonds is 5. The maximum absolute atomic E-state index is 12.8. The van der Waals surface area contributed by atoms with Crippen LogP contribution >= 0.6 is 0 Å². The van der Waals surface area contributed by atoms with Gasteiger partial charge in [-0.2, -0.15) is 5.10 Å². The van der Waals surface area contributed by atoms with Crippen molar-refractivity contribution in [2.45, 2.75) is 19.9 Å². The molecule has 0 radical (unpaired) electrons. The van der Waals surface area contributed by atoms with E-state index >= 15 is 0 Å². The van der Waals surface area contributed by atoms with Gasteiger partial charge in [0.1, 0.15) is 11.6 Å². The molecule has 1 aromatic carbocycles. The molecule has 0 atom stereocenters. The molecule has 0 fully saturated rings. The molecule has 19 heavy (non-hydrogen) atoms. The minimum atomic E-state index is -0.879. The van der Waals surface area contributed by atoms with Crippen molar-refractivity contribution in [2.75, 3.05) is 0 Å². The lowest BCUT2D eigenvalue weighted by Gasteiger charge is -2.05. The number of aryl methyl sites for hydroxylation is 1. The van der Waals surface area contributed by atoms with E-state index in [9.17, 15) is 9.18 Å². The Balaban J connectivity index is 2.09. The van der Waals surface area contributed by atoms with E-state index < -0.39 is 5.97 Å². The molecular formula is C13H13FN2O3. The predicted octanol–water partition coefficient (Wildman–Crippen LogP) is 2.60. The summed E-state index contributed by atoms with van der Waals surface area (Å²) >= 11 is 0. The highest BCUT2D eigenvalue weighted by Gasteiger charge is 2.09. The van der Waals surface area contributed by atoms with Gasteiger partial charge in [0.25, 0.3) is 0 Å². The largest absolute Gasteiger partial charge is 0.481 e. The molecule has 6 heteroatoms. The molecule has 1 heterocycles. The number of carbonyl (C=O) groups is 1. The summed E-state index contributed by atoms with van der Waals surface area (Å²) in [6.45, 7) is 2.07. The fraction of sp³-hybridized carbons (Fsp3) is 0.231. The molecule has 0 aliphatic heterocycles. The third kappa shape index (κ3) is 3.31. The highest BCUT2D eigenvalue weighted by molar-refractivity contribution is 5.66. The van der Waals surface area contributed by atoms with Gasteiger partial charge in [0.2, 0.25) is 0 Å². The molecule has 2 aromatic rings. The average Bonchev–Trinajstić information content (AvgIpc) is 2.71. The van der Waals surface area contributed by atoms with Crippen molar-refractivity contribution in [3.05, 3.63) is 42.0 Å². The van der Waals surface area contributed by atoms with E-state index in [1.165, 1.54) is 30.5 Å². The smallest absolute Gasteiger partial charge is 0.305 e. The van der Waals surface area contributed by atoms with Crippen LogP contribution in [0.3, 0.4) is 0 Å². The zero-order valence-electron chi connectivity index (χ0n) is 10.3. The second kappa shape index (κ2) is 5.51. The third-order valence-corrected chi connectivity index (χ3v) is 2.64. The number of hydrogen-bond donors (Lipinski definition) is 1. The highest BCUT2D eigenvalue weighted by atomic mass is 19.1. The average molecular weight is 264 g/mol. The Morgan fingerprint density at radius 2 is 2.11 bits per heavy atom. The predicted molar refractivity (Wildman–Crippen MR) is 65.7 cm³/mol. The molecular weight excluding hydrogens is 251 g/mol. The Bertz CT molecular complexity index is 578. The second-order valence-electron chi connectivity index (χ2n) is 4.02. The fourth-order valence-corrected chi connectivity index (χ4v) is 1.59. The first-order valence-corrected chi connectivity index (χ1v) is 5.74. The molecule has 0 aliphatic rings. The van der Waals surface area contributed by atoms with Gasteiger partial charge in [-0.25, -0.2) is 4.39 Å². The summed E-state index contributed by atoms with van der Waals surface area (Å²) in [5.74, 6) is -0.184. The van der Waals surface area contributed by atoms with Crippen LogP contribution in [0.2, 0.25) is 0 Å². The van der Waals surface area contributed by atoms with Crippen molar-refractivity contribution >= 4 is 5.97 Å². The van der Waals surface area contributed by atoms with E-state index in [4.69, 9.17) is 9.84 Å². The van der Waals surface area contributed by atoms with Crippen LogP contribution in [0.15, 0.2) is 30.5 Å². The molecule has 0 amide bonds. The maximum Gasteiger partial charge on any atom is 0.305 e. The molecule has 0 unspecified atom stereocenters. The van der Waals surface area contributed by atoms with Gasteiger partial charge in [-0.3, -0.25) is 9.48 Å². The molecule has 0 saturated heterocycles. The van der Waals surface area contributed by atoms with Gasteiger partial charge in [-0.15, -0.1) is 0 Å². The van der Waals surface area contributed by atoms with Crippen molar-refractivity contribution in [1.29, 1.82) is 0 Å². The molecule has 1 N–H and O–H groups in total. The number of benzene rings is 1. The maximum atomic E-state index is 12.8. The van der Waals surface area contributed by atoms with Crippen LogP contribution in [0.25, 0.3) is 0 Å². The topological polar surface area (TPSA) is 64.4 Å². The van der Waals surface area contributed by atoms with Crippen LogP contribution in [0.1, 0.15) is 12.1 Å². The summed E-state index contributed by atoms with van der Waals surface area (Å²) in [6.07, 6.45) is 1.51. The van der Waals surface area contributed by atoms with Crippen LogP contribution in [-0.4, -0.2) is 20.9 Å². The van der Waals surface area contributed by atoms with E-state index in [1.54, 1.807) is 11.6 Å². The standard InChI is InChI=1S/C13H13FN2O3/c1-9-12(8-15-16(9)7-6-13(17)18)19-11-4-2-10(14)3-5-11/h2-5,8H,6-7H2,1H3,(H,17,18). The summed E-state index contributed by atoms with van der Waals surface area (Å²) < 4.78 is 19.9. The molecule has 5 nitrogen and oxygen atoms in total. The third-order valence-electron chi connectivity index (χ3n) is 2.64. The van der Waals surface area contributed by atoms with Gasteiger partial charge in [0, 0.05) is 0 Å². The monoisotopic (exact) mass is 264 g/mol. The van der Waals surface area contributed by atoms with E-state index in [1.807, 2.05) is 0 Å². The number of hydrogen-bond acceptors (Lipinski definition) is 3. The lowest BCUT2D eigenvalue weighted by atomic mass is 10.3. The number of nitrogens with zero attached hydrogens (tertiary/aromatic N) is 2. The van der Waals surface area contributed by atoms with Crippen LogP contribution in [0.5, 0.6) is 11.5 Å². The number of halogens is 1. The minimum absolute atomic E-state index is 0.00148. The summed E-state index contributed by atoms with van der Waals surface area (Å²) in [7, 11) is 0. The minimum Gasteiger partial charge on any atom is -0.481 e. The Labute approximate surface area is 109 Å². The lowest BCUT2D eigenvalue weighted by Crippen LogP contribution is -2.07. The summed E-state index contributed by atoms with van der Waals surface area (Å²) in [6, 6.07) is 5.64. The Kier molecular flexibility index (Phi) is 3.79. The summed E-state index contributed by atoms with van der Waals surface area (Å²) in [5, 5.41) is 12.7. The van der Waals surface area contributed by atoms with Crippen molar-refractivity contribution in [1.82, 2.24) is 9.78 Å². The van der Waals surface area contributed by atoms with Gasteiger partial charge in [0.15, 0.2) is 5.75 Å². The number of ether oxygens (including phenoxy) is 1. The first-order valence-electron chi connectivity index (χ1n) is 5.74. The van der Waals surface area contributed by atoms with E-state index in [0.29, 0.717) is 11.5 Å². The van der Waals surface area contributed by atoms with Crippen molar-refractivity contribution in [3.8, 4) is 11.5 Å². The molecule has 100 valence electrons. The highest BCUT2D eigenvalue weighted by Crippen LogP contribution is 2.24. The van der Waals surface area contributed by atoms with E-state index in [0.717, 1.165) is 5.69 Å². The van der Waals surface area contributed by atoms with Crippen LogP contribution in [0, 0.1) is 12.7 Å². The van der Waals surface area contributed by atoms with Gasteiger partial charge in [-0.05, 0) is 31.2 Å². The van der Waals surface area contributed by atoms with Gasteiger partial charge >= 0.3 is 5.97 Å². The van der Waals surface area contributed by atoms with E-state index in [2.05, 4.69) is 5.10 Å². The van der Waals surface area contributed by atoms with Crippen molar-refractivity contribution in [3.63, 3.8) is 0 Å². The molecule has 1 aromatic heterocycles. The Hall–Kier alpha value is -2.37. The van der Waals surface area contributed by atoms with E-state index in [-0.39, 0.29) is 18.8 Å². The van der Waals surface area contributed by atoms with Crippen molar-refractivity contribution in [2.24, 2.45) is 0 Å². The second-order valence-corrected chi connectivity index (χ2v) is 4.02. The van der Waals surface area contributed by atoms with Crippen LogP contribution in [-0.2, 0) is 11.3 Å². The molecule has 0 aliphatic carbocycles. The first-order chi connectivity index (χ1) is 9.06. The Morgan fingerprint density at radius 1 is 1.42 bits per heavy atom. The quantitative estimate of drug-likeness (QED) is 0.901. The molecule has 0 spiro atoms. The normalized spacial score (nSPS) is 10.4. The lowest BCUT2D eigenvalue weighted by molar-refractivity contribution is -0.137. The molecule has 2 rings (SSSR count). The number of carboxylic acid groups (broad SMARTS) is 1. The van der Waals surface area contributed by atoms with Crippen molar-refractivity contribution < 1.29 is 19.0 Å². The fourth-order valence-electron chi connectivity index (χ4n) is 1.59. The number of carboxylic acids is 1. The van der Waals surface area contributed by atoms with Crippen LogP contribution < -0.4 is 4.74 Å². The van der Waals surface area contributed by atoms with Gasteiger partial charge < -0.3 is 9.84 Å². The van der Waals surface area contributed by atoms with Crippen LogP contribution in [0.4, 0.5) is 4.39 Å². The summed E-state index contributed by atoms with van der Waals surface area (Å²) in [4.78, 5) is 10.5. The van der Waals surface area contributed by atoms with Gasteiger partial charge in [0.05, 0.1) is 24.9 Å². The molecule has 0 saturated carbocycles. The van der Waals surface area contributed by atoms with Gasteiger partial charge in [-0.1, -0.05) is 0 Å². The number of aromatic nitrogens is 2. The summed E-state index contributed by atoms with van der Waals surface area (Å²) in [5.41, 5.74) is 0.727. The Morgan fingerprint density at radius 3 is 2.74 bits per heavy atom. The zero-order valence-corrected chi connectivity index (χ0v) is 10.3. The zero-order chi connectivity index (χ0) is 13.8. The molecule has 0 bridgehead atoms. The SMILES string of the molecule is Cc1c(Oc2ccc(F)cc2)cnn1CCC(=O)O. The first kappa shape index (κ1) is 13.1. The number of aliphatic carboxylic acids is 1.